The second-order valence-corrected chi connectivity index (χ2v) is 8.73. The van der Waals surface area contributed by atoms with Crippen LogP contribution in [-0.2, 0) is 19.2 Å². The number of para-hydroxylation sites is 1. The maximum atomic E-state index is 12.7. The second-order valence-electron chi connectivity index (χ2n) is 8.73. The number of anilines is 2. The molecule has 36 heavy (non-hydrogen) atoms. The fourth-order valence-electron chi connectivity index (χ4n) is 3.22. The molecule has 4 amide bonds. The van der Waals surface area contributed by atoms with Crippen LogP contribution >= 0.6 is 0 Å². The predicted molar refractivity (Wildman–Crippen MR) is 135 cm³/mol. The number of carbonyl (C=O) groups excluding carboxylic acids is 4. The van der Waals surface area contributed by atoms with Gasteiger partial charge in [0.25, 0.3) is 5.69 Å². The molecule has 0 aliphatic rings. The molecule has 2 aromatic rings. The van der Waals surface area contributed by atoms with E-state index in [1.807, 2.05) is 13.8 Å². The zero-order valence-corrected chi connectivity index (χ0v) is 20.7. The summed E-state index contributed by atoms with van der Waals surface area (Å²) in [5.41, 5.74) is 0.940. The first kappa shape index (κ1) is 28.0. The molecule has 0 heterocycles. The van der Waals surface area contributed by atoms with Crippen LogP contribution < -0.4 is 20.9 Å². The SMILES string of the molecule is CC(C)CC(=O)N(CC(=O)N[C@@H](C)C(=O)NC(=O)[C@H](C)Nc1ccc([N+](=O)[O-])cc1)c1ccccc1. The molecule has 0 saturated heterocycles. The van der Waals surface area contributed by atoms with E-state index < -0.39 is 34.7 Å². The van der Waals surface area contributed by atoms with Crippen molar-refractivity contribution >= 4 is 40.7 Å². The number of carbonyl (C=O) groups is 4. The summed E-state index contributed by atoms with van der Waals surface area (Å²) in [5.74, 6) is -2.03. The molecule has 0 aliphatic carbocycles. The summed E-state index contributed by atoms with van der Waals surface area (Å²) in [6, 6.07) is 12.4. The molecule has 3 N–H and O–H groups in total. The van der Waals surface area contributed by atoms with Gasteiger partial charge in [0.2, 0.25) is 23.6 Å². The van der Waals surface area contributed by atoms with Crippen molar-refractivity contribution in [1.82, 2.24) is 10.6 Å². The number of amides is 4. The number of hydrogen-bond acceptors (Lipinski definition) is 7. The van der Waals surface area contributed by atoms with Gasteiger partial charge in [-0.1, -0.05) is 32.0 Å². The van der Waals surface area contributed by atoms with Crippen molar-refractivity contribution in [3.05, 3.63) is 64.7 Å². The van der Waals surface area contributed by atoms with Crippen LogP contribution in [0.4, 0.5) is 17.1 Å². The Kier molecular flexibility index (Phi) is 10.1. The third-order valence-electron chi connectivity index (χ3n) is 5.13. The van der Waals surface area contributed by atoms with Crippen molar-refractivity contribution in [1.29, 1.82) is 0 Å². The third-order valence-corrected chi connectivity index (χ3v) is 5.13. The van der Waals surface area contributed by atoms with Gasteiger partial charge in [-0.25, -0.2) is 0 Å². The van der Waals surface area contributed by atoms with Crippen molar-refractivity contribution < 1.29 is 24.1 Å². The summed E-state index contributed by atoms with van der Waals surface area (Å²) in [7, 11) is 0. The molecule has 0 aliphatic heterocycles. The Morgan fingerprint density at radius 1 is 0.889 bits per heavy atom. The molecule has 0 fully saturated rings. The van der Waals surface area contributed by atoms with E-state index in [4.69, 9.17) is 0 Å². The Bertz CT molecular complexity index is 1090. The van der Waals surface area contributed by atoms with Gasteiger partial charge in [0, 0.05) is 29.9 Å². The smallest absolute Gasteiger partial charge is 0.269 e. The molecule has 0 radical (unpaired) electrons. The number of hydrogen-bond donors (Lipinski definition) is 3. The lowest BCUT2D eigenvalue weighted by molar-refractivity contribution is -0.384. The summed E-state index contributed by atoms with van der Waals surface area (Å²) in [6.45, 7) is 6.48. The van der Waals surface area contributed by atoms with E-state index in [1.165, 1.54) is 43.0 Å². The van der Waals surface area contributed by atoms with E-state index >= 15 is 0 Å². The van der Waals surface area contributed by atoms with E-state index in [2.05, 4.69) is 16.0 Å². The van der Waals surface area contributed by atoms with Crippen molar-refractivity contribution in [2.45, 2.75) is 46.2 Å². The summed E-state index contributed by atoms with van der Waals surface area (Å²) in [6.07, 6.45) is 0.256. The summed E-state index contributed by atoms with van der Waals surface area (Å²) in [4.78, 5) is 61.8. The molecule has 11 heteroatoms. The molecule has 11 nitrogen and oxygen atoms in total. The molecular formula is C25H31N5O6. The molecule has 192 valence electrons. The van der Waals surface area contributed by atoms with E-state index in [-0.39, 0.29) is 30.5 Å². The maximum Gasteiger partial charge on any atom is 0.269 e. The summed E-state index contributed by atoms with van der Waals surface area (Å²) in [5, 5.41) is 18.3. The second kappa shape index (κ2) is 13.0. The number of imide groups is 1. The average Bonchev–Trinajstić information content (AvgIpc) is 2.82. The highest BCUT2D eigenvalue weighted by Gasteiger charge is 2.24. The maximum absolute atomic E-state index is 12.7. The Balaban J connectivity index is 1.93. The van der Waals surface area contributed by atoms with Crippen LogP contribution in [0.15, 0.2) is 54.6 Å². The van der Waals surface area contributed by atoms with E-state index in [0.717, 1.165) is 0 Å². The molecule has 2 rings (SSSR count). The lowest BCUT2D eigenvalue weighted by Crippen LogP contribution is -2.52. The Morgan fingerprint density at radius 3 is 2.03 bits per heavy atom. The minimum atomic E-state index is -1.04. The largest absolute Gasteiger partial charge is 0.374 e. The normalized spacial score (nSPS) is 12.2. The number of nitrogens with one attached hydrogen (secondary N) is 3. The molecule has 0 unspecified atom stereocenters. The minimum absolute atomic E-state index is 0.0888. The standard InChI is InChI=1S/C25H31N5O6/c1-16(2)14-23(32)29(20-8-6-5-7-9-20)15-22(31)27-18(4)25(34)28-24(33)17(3)26-19-10-12-21(13-11-19)30(35)36/h5-13,16-18,26H,14-15H2,1-4H3,(H,27,31)(H,28,33,34)/t17-,18-/m0/s1. The summed E-state index contributed by atoms with van der Waals surface area (Å²) >= 11 is 0. The molecule has 2 aromatic carbocycles. The first-order valence-electron chi connectivity index (χ1n) is 11.5. The number of benzene rings is 2. The van der Waals surface area contributed by atoms with Gasteiger partial charge >= 0.3 is 0 Å². The van der Waals surface area contributed by atoms with Crippen LogP contribution in [0.3, 0.4) is 0 Å². The van der Waals surface area contributed by atoms with Crippen molar-refractivity contribution in [2.24, 2.45) is 5.92 Å². The van der Waals surface area contributed by atoms with Crippen LogP contribution in [0.25, 0.3) is 0 Å². The monoisotopic (exact) mass is 497 g/mol. The van der Waals surface area contributed by atoms with Crippen LogP contribution in [0.1, 0.15) is 34.1 Å². The minimum Gasteiger partial charge on any atom is -0.374 e. The fourth-order valence-corrected chi connectivity index (χ4v) is 3.22. The summed E-state index contributed by atoms with van der Waals surface area (Å²) < 4.78 is 0. The van der Waals surface area contributed by atoms with E-state index in [0.29, 0.717) is 11.4 Å². The predicted octanol–water partition coefficient (Wildman–Crippen LogP) is 2.62. The Hall–Kier alpha value is -4.28. The Labute approximate surface area is 209 Å². The highest BCUT2D eigenvalue weighted by Crippen LogP contribution is 2.17. The molecule has 2 atom stereocenters. The molecule has 0 aromatic heterocycles. The van der Waals surface area contributed by atoms with Gasteiger partial charge in [0.15, 0.2) is 0 Å². The van der Waals surface area contributed by atoms with Gasteiger partial charge in [-0.3, -0.25) is 34.6 Å². The first-order chi connectivity index (χ1) is 17.0. The van der Waals surface area contributed by atoms with E-state index in [1.54, 1.807) is 30.3 Å². The molecule has 0 spiro atoms. The zero-order valence-electron chi connectivity index (χ0n) is 20.7. The topological polar surface area (TPSA) is 151 Å². The Morgan fingerprint density at radius 2 is 1.47 bits per heavy atom. The van der Waals surface area contributed by atoms with Crippen LogP contribution in [-0.4, -0.2) is 47.2 Å². The van der Waals surface area contributed by atoms with Gasteiger partial charge in [-0.05, 0) is 44.0 Å². The van der Waals surface area contributed by atoms with Gasteiger partial charge < -0.3 is 15.5 Å². The molecule has 0 saturated carbocycles. The quantitative estimate of drug-likeness (QED) is 0.319. The van der Waals surface area contributed by atoms with Crippen molar-refractivity contribution in [2.75, 3.05) is 16.8 Å². The van der Waals surface area contributed by atoms with Gasteiger partial charge in [0.1, 0.15) is 18.6 Å². The molecule has 0 bridgehead atoms. The number of nitro benzene ring substituents is 1. The van der Waals surface area contributed by atoms with Gasteiger partial charge in [-0.2, -0.15) is 0 Å². The van der Waals surface area contributed by atoms with E-state index in [9.17, 15) is 29.3 Å². The fraction of sp³-hybridized carbons (Fsp3) is 0.360. The van der Waals surface area contributed by atoms with Crippen molar-refractivity contribution in [3.8, 4) is 0 Å². The van der Waals surface area contributed by atoms with Crippen LogP contribution in [0, 0.1) is 16.0 Å². The van der Waals surface area contributed by atoms with Gasteiger partial charge in [0.05, 0.1) is 4.92 Å². The lowest BCUT2D eigenvalue weighted by Gasteiger charge is -2.24. The van der Waals surface area contributed by atoms with Gasteiger partial charge in [-0.15, -0.1) is 0 Å². The average molecular weight is 498 g/mol. The van der Waals surface area contributed by atoms with Crippen molar-refractivity contribution in [3.63, 3.8) is 0 Å². The number of rotatable bonds is 11. The highest BCUT2D eigenvalue weighted by molar-refractivity contribution is 6.03. The highest BCUT2D eigenvalue weighted by atomic mass is 16.6. The lowest BCUT2D eigenvalue weighted by atomic mass is 10.1. The zero-order chi connectivity index (χ0) is 26.8. The first-order valence-corrected chi connectivity index (χ1v) is 11.5. The third kappa shape index (κ3) is 8.49. The van der Waals surface area contributed by atoms with Crippen LogP contribution in [0.5, 0.6) is 0 Å². The number of non-ortho nitro benzene ring substituents is 1. The van der Waals surface area contributed by atoms with Crippen LogP contribution in [0.2, 0.25) is 0 Å². The number of nitrogens with zero attached hydrogens (tertiary/aromatic N) is 2. The number of nitro groups is 1. The molecular weight excluding hydrogens is 466 g/mol.